The first-order valence-electron chi connectivity index (χ1n) is 7.96. The Morgan fingerprint density at radius 3 is 2.92 bits per heavy atom. The first-order chi connectivity index (χ1) is 11.6. The van der Waals surface area contributed by atoms with Crippen LogP contribution in [0, 0.1) is 0 Å². The van der Waals surface area contributed by atoms with Crippen LogP contribution in [0.1, 0.15) is 29.5 Å². The zero-order valence-electron chi connectivity index (χ0n) is 13.1. The maximum atomic E-state index is 12.9. The van der Waals surface area contributed by atoms with Crippen molar-refractivity contribution in [3.05, 3.63) is 63.4 Å². The van der Waals surface area contributed by atoms with Gasteiger partial charge < -0.3 is 9.30 Å². The molecule has 0 unspecified atom stereocenters. The first-order valence-corrected chi connectivity index (χ1v) is 7.96. The van der Waals surface area contributed by atoms with Gasteiger partial charge in [-0.05, 0) is 30.7 Å². The Labute approximate surface area is 137 Å². The average molecular weight is 318 g/mol. The third kappa shape index (κ3) is 1.67. The summed E-state index contributed by atoms with van der Waals surface area (Å²) in [6.07, 6.45) is 0. The molecule has 1 aromatic carbocycles. The van der Waals surface area contributed by atoms with E-state index >= 15 is 0 Å². The van der Waals surface area contributed by atoms with E-state index in [0.717, 1.165) is 33.4 Å². The lowest BCUT2D eigenvalue weighted by atomic mass is 9.94. The van der Waals surface area contributed by atoms with Gasteiger partial charge >= 0.3 is 5.97 Å². The molecular weight excluding hydrogens is 304 g/mol. The molecule has 0 N–H and O–H groups in total. The molecule has 0 radical (unpaired) electrons. The average Bonchev–Trinajstić information content (AvgIpc) is 2.95. The molecule has 118 valence electrons. The summed E-state index contributed by atoms with van der Waals surface area (Å²) < 4.78 is 6.87. The molecule has 0 saturated heterocycles. The number of para-hydroxylation sites is 1. The SMILES string of the molecule is C[C@H]1C(=O)OCc2c1cc1n(c2=O)Cc2cc3ccccc3nc2-1. The fourth-order valence-electron chi connectivity index (χ4n) is 3.66. The largest absolute Gasteiger partial charge is 0.460 e. The normalized spacial score (nSPS) is 18.0. The molecule has 5 rings (SSSR count). The zero-order chi connectivity index (χ0) is 16.4. The van der Waals surface area contributed by atoms with Crippen LogP contribution in [0.4, 0.5) is 0 Å². The fourth-order valence-corrected chi connectivity index (χ4v) is 3.66. The molecular formula is C19H14N2O3. The Kier molecular flexibility index (Phi) is 2.55. The van der Waals surface area contributed by atoms with E-state index in [-0.39, 0.29) is 18.1 Å². The first kappa shape index (κ1) is 13.5. The third-order valence-corrected chi connectivity index (χ3v) is 4.99. The minimum absolute atomic E-state index is 0.0589. The van der Waals surface area contributed by atoms with Gasteiger partial charge in [0.25, 0.3) is 5.56 Å². The molecule has 4 heterocycles. The second-order valence-corrected chi connectivity index (χ2v) is 6.37. The van der Waals surface area contributed by atoms with E-state index < -0.39 is 5.92 Å². The number of rotatable bonds is 0. The lowest BCUT2D eigenvalue weighted by Crippen LogP contribution is -2.31. The van der Waals surface area contributed by atoms with Crippen LogP contribution in [0.5, 0.6) is 0 Å². The highest BCUT2D eigenvalue weighted by Gasteiger charge is 2.32. The summed E-state index contributed by atoms with van der Waals surface area (Å²) in [5.74, 6) is -0.701. The molecule has 5 heteroatoms. The number of benzene rings is 1. The Morgan fingerprint density at radius 2 is 2.04 bits per heavy atom. The number of cyclic esters (lactones) is 1. The highest BCUT2D eigenvalue weighted by molar-refractivity contribution is 5.85. The van der Waals surface area contributed by atoms with Gasteiger partial charge in [0.1, 0.15) is 6.61 Å². The maximum absolute atomic E-state index is 12.9. The van der Waals surface area contributed by atoms with Crippen molar-refractivity contribution in [1.82, 2.24) is 9.55 Å². The highest BCUT2D eigenvalue weighted by atomic mass is 16.5. The van der Waals surface area contributed by atoms with Crippen molar-refractivity contribution in [2.24, 2.45) is 0 Å². The predicted molar refractivity (Wildman–Crippen MR) is 88.8 cm³/mol. The lowest BCUT2D eigenvalue weighted by molar-refractivity contribution is -0.147. The van der Waals surface area contributed by atoms with Crippen LogP contribution in [0.25, 0.3) is 22.3 Å². The van der Waals surface area contributed by atoms with E-state index in [1.807, 2.05) is 30.3 Å². The summed E-state index contributed by atoms with van der Waals surface area (Å²) in [7, 11) is 0. The number of aromatic nitrogens is 2. The van der Waals surface area contributed by atoms with Crippen LogP contribution in [0.2, 0.25) is 0 Å². The number of esters is 1. The quantitative estimate of drug-likeness (QED) is 0.468. The molecule has 0 aliphatic carbocycles. The molecule has 0 bridgehead atoms. The Hall–Kier alpha value is -2.95. The summed E-state index contributed by atoms with van der Waals surface area (Å²) in [6, 6.07) is 12.0. The van der Waals surface area contributed by atoms with E-state index in [1.54, 1.807) is 11.5 Å². The Balaban J connectivity index is 1.80. The molecule has 0 spiro atoms. The minimum Gasteiger partial charge on any atom is -0.460 e. The van der Waals surface area contributed by atoms with Crippen molar-refractivity contribution in [3.63, 3.8) is 0 Å². The number of hydrogen-bond donors (Lipinski definition) is 0. The number of carbonyl (C=O) groups is 1. The number of fused-ring (bicyclic) bond motifs is 5. The molecule has 2 aromatic heterocycles. The van der Waals surface area contributed by atoms with Crippen molar-refractivity contribution in [2.75, 3.05) is 0 Å². The standard InChI is InChI=1S/C19H14N2O3/c1-10-13-7-16-17-12(6-11-4-2-3-5-15(11)20-17)8-21(16)18(22)14(13)9-24-19(10)23/h2-7,10H,8-9H2,1H3/t10-/m1/s1. The second kappa shape index (κ2) is 4.54. The van der Waals surface area contributed by atoms with Crippen LogP contribution < -0.4 is 5.56 Å². The maximum Gasteiger partial charge on any atom is 0.313 e. The van der Waals surface area contributed by atoms with Crippen LogP contribution in [-0.2, 0) is 22.7 Å². The van der Waals surface area contributed by atoms with Gasteiger partial charge in [0.2, 0.25) is 0 Å². The molecule has 2 aliphatic rings. The summed E-state index contributed by atoms with van der Waals surface area (Å²) in [4.78, 5) is 29.5. The fraction of sp³-hybridized carbons (Fsp3) is 0.211. The zero-order valence-corrected chi connectivity index (χ0v) is 13.1. The van der Waals surface area contributed by atoms with Gasteiger partial charge in [-0.1, -0.05) is 18.2 Å². The molecule has 0 amide bonds. The number of pyridine rings is 2. The molecule has 24 heavy (non-hydrogen) atoms. The minimum atomic E-state index is -0.420. The summed E-state index contributed by atoms with van der Waals surface area (Å²) in [5.41, 5.74) is 4.84. The van der Waals surface area contributed by atoms with E-state index in [0.29, 0.717) is 12.1 Å². The van der Waals surface area contributed by atoms with Crippen molar-refractivity contribution < 1.29 is 9.53 Å². The number of hydrogen-bond acceptors (Lipinski definition) is 4. The topological polar surface area (TPSA) is 61.2 Å². The summed E-state index contributed by atoms with van der Waals surface area (Å²) >= 11 is 0. The van der Waals surface area contributed by atoms with Crippen LogP contribution in [0.15, 0.2) is 41.2 Å². The molecule has 2 aliphatic heterocycles. The summed E-state index contributed by atoms with van der Waals surface area (Å²) in [6.45, 7) is 2.35. The van der Waals surface area contributed by atoms with Crippen LogP contribution in [0.3, 0.4) is 0 Å². The van der Waals surface area contributed by atoms with E-state index in [2.05, 4.69) is 6.07 Å². The van der Waals surface area contributed by atoms with Gasteiger partial charge in [0.05, 0.1) is 34.9 Å². The van der Waals surface area contributed by atoms with Gasteiger partial charge in [-0.3, -0.25) is 9.59 Å². The lowest BCUT2D eigenvalue weighted by Gasteiger charge is -2.22. The van der Waals surface area contributed by atoms with Gasteiger partial charge in [0, 0.05) is 10.9 Å². The molecule has 1 atom stereocenters. The van der Waals surface area contributed by atoms with Gasteiger partial charge in [-0.15, -0.1) is 0 Å². The van der Waals surface area contributed by atoms with E-state index in [4.69, 9.17) is 9.72 Å². The predicted octanol–water partition coefficient (Wildman–Crippen LogP) is 2.59. The smallest absolute Gasteiger partial charge is 0.313 e. The van der Waals surface area contributed by atoms with Gasteiger partial charge in [0.15, 0.2) is 0 Å². The number of carbonyl (C=O) groups excluding carboxylic acids is 1. The molecule has 3 aromatic rings. The second-order valence-electron chi connectivity index (χ2n) is 6.37. The van der Waals surface area contributed by atoms with Gasteiger partial charge in [-0.2, -0.15) is 0 Å². The Morgan fingerprint density at radius 1 is 1.21 bits per heavy atom. The number of nitrogens with zero attached hydrogens (tertiary/aromatic N) is 2. The van der Waals surface area contributed by atoms with Crippen LogP contribution in [-0.4, -0.2) is 15.5 Å². The third-order valence-electron chi connectivity index (χ3n) is 4.99. The van der Waals surface area contributed by atoms with Gasteiger partial charge in [-0.25, -0.2) is 4.98 Å². The van der Waals surface area contributed by atoms with Crippen molar-refractivity contribution in [2.45, 2.75) is 26.0 Å². The van der Waals surface area contributed by atoms with Crippen molar-refractivity contribution in [3.8, 4) is 11.4 Å². The monoisotopic (exact) mass is 318 g/mol. The summed E-state index contributed by atoms with van der Waals surface area (Å²) in [5, 5.41) is 1.06. The van der Waals surface area contributed by atoms with E-state index in [9.17, 15) is 9.59 Å². The van der Waals surface area contributed by atoms with Crippen LogP contribution >= 0.6 is 0 Å². The number of ether oxygens (including phenoxy) is 1. The van der Waals surface area contributed by atoms with E-state index in [1.165, 1.54) is 0 Å². The highest BCUT2D eigenvalue weighted by Crippen LogP contribution is 2.35. The Bertz CT molecular complexity index is 1100. The van der Waals surface area contributed by atoms with Crippen molar-refractivity contribution >= 4 is 16.9 Å². The van der Waals surface area contributed by atoms with Crippen molar-refractivity contribution in [1.29, 1.82) is 0 Å². The molecule has 0 saturated carbocycles. The molecule has 5 nitrogen and oxygen atoms in total. The molecule has 0 fully saturated rings.